The molecule has 2 rings (SSSR count). The number of hydrogen-bond donors (Lipinski definition) is 0. The predicted molar refractivity (Wildman–Crippen MR) is 74.7 cm³/mol. The number of rotatable bonds is 4. The van der Waals surface area contributed by atoms with Crippen LogP contribution < -0.4 is 0 Å². The lowest BCUT2D eigenvalue weighted by atomic mass is 9.76. The van der Waals surface area contributed by atoms with Crippen molar-refractivity contribution in [2.75, 3.05) is 19.8 Å². The Labute approximate surface area is 123 Å². The molecule has 0 aromatic heterocycles. The summed E-state index contributed by atoms with van der Waals surface area (Å²) in [5, 5.41) is 0.537. The third kappa shape index (κ3) is 2.86. The van der Waals surface area contributed by atoms with Gasteiger partial charge in [0.1, 0.15) is 0 Å². The lowest BCUT2D eigenvalue weighted by Gasteiger charge is -2.33. The maximum atomic E-state index is 12.3. The Morgan fingerprint density at radius 2 is 2.20 bits per heavy atom. The fourth-order valence-electron chi connectivity index (χ4n) is 2.36. The summed E-state index contributed by atoms with van der Waals surface area (Å²) in [5.41, 5.74) is -0.514. The molecule has 108 valence electrons. The van der Waals surface area contributed by atoms with Crippen molar-refractivity contribution in [2.45, 2.75) is 19.8 Å². The Balaban J connectivity index is 2.34. The number of carbonyl (C=O) groups is 2. The highest BCUT2D eigenvalue weighted by Crippen LogP contribution is 2.33. The van der Waals surface area contributed by atoms with Crippen LogP contribution in [-0.4, -0.2) is 31.6 Å². The molecule has 1 aliphatic rings. The molecule has 1 unspecified atom stereocenters. The number of ether oxygens (including phenoxy) is 2. The second kappa shape index (κ2) is 6.37. The Hall–Kier alpha value is -1.39. The van der Waals surface area contributed by atoms with E-state index >= 15 is 0 Å². The van der Waals surface area contributed by atoms with E-state index in [0.717, 1.165) is 5.56 Å². The fraction of sp³-hybridized carbons (Fsp3) is 0.467. The number of halogens is 1. The molecule has 4 nitrogen and oxygen atoms in total. The van der Waals surface area contributed by atoms with Gasteiger partial charge >= 0.3 is 5.97 Å². The monoisotopic (exact) mass is 296 g/mol. The number of Topliss-reactive ketones (excluding diaryl/α,β-unsaturated/α-hetero) is 1. The van der Waals surface area contributed by atoms with Gasteiger partial charge in [-0.15, -0.1) is 0 Å². The van der Waals surface area contributed by atoms with Crippen LogP contribution in [0.15, 0.2) is 24.3 Å². The lowest BCUT2D eigenvalue weighted by Crippen LogP contribution is -2.49. The number of benzene rings is 1. The van der Waals surface area contributed by atoms with Crippen LogP contribution >= 0.6 is 11.6 Å². The first-order valence-corrected chi connectivity index (χ1v) is 6.99. The first kappa shape index (κ1) is 15.0. The summed E-state index contributed by atoms with van der Waals surface area (Å²) in [6.45, 7) is 2.35. The van der Waals surface area contributed by atoms with Crippen LogP contribution in [0.5, 0.6) is 0 Å². The lowest BCUT2D eigenvalue weighted by molar-refractivity contribution is -0.169. The van der Waals surface area contributed by atoms with Crippen LogP contribution in [0.2, 0.25) is 5.02 Å². The van der Waals surface area contributed by atoms with Crippen LogP contribution in [0.1, 0.15) is 18.9 Å². The second-order valence-electron chi connectivity index (χ2n) is 4.80. The van der Waals surface area contributed by atoms with E-state index in [2.05, 4.69) is 0 Å². The zero-order chi connectivity index (χ0) is 14.6. The summed E-state index contributed by atoms with van der Waals surface area (Å²) in [6, 6.07) is 7.19. The first-order valence-electron chi connectivity index (χ1n) is 6.62. The second-order valence-corrected chi connectivity index (χ2v) is 5.20. The van der Waals surface area contributed by atoms with Crippen molar-refractivity contribution in [3.63, 3.8) is 0 Å². The average molecular weight is 297 g/mol. The van der Waals surface area contributed by atoms with Crippen LogP contribution in [0.4, 0.5) is 0 Å². The molecular weight excluding hydrogens is 280 g/mol. The van der Waals surface area contributed by atoms with Gasteiger partial charge in [0.05, 0.1) is 19.8 Å². The Kier molecular flexibility index (Phi) is 4.78. The van der Waals surface area contributed by atoms with Gasteiger partial charge in [0.2, 0.25) is 0 Å². The van der Waals surface area contributed by atoms with E-state index < -0.39 is 11.4 Å². The minimum Gasteiger partial charge on any atom is -0.465 e. The number of esters is 1. The van der Waals surface area contributed by atoms with E-state index in [1.54, 1.807) is 13.0 Å². The van der Waals surface area contributed by atoms with Crippen molar-refractivity contribution in [1.29, 1.82) is 0 Å². The first-order chi connectivity index (χ1) is 9.60. The molecular formula is C15H17ClO4. The number of ketones is 1. The van der Waals surface area contributed by atoms with Crippen molar-refractivity contribution in [3.8, 4) is 0 Å². The molecule has 0 saturated carbocycles. The van der Waals surface area contributed by atoms with Gasteiger partial charge in [-0.05, 0) is 25.0 Å². The molecule has 20 heavy (non-hydrogen) atoms. The molecule has 1 aromatic carbocycles. The molecule has 1 heterocycles. The summed E-state index contributed by atoms with van der Waals surface area (Å²) in [7, 11) is 0. The largest absolute Gasteiger partial charge is 0.465 e. The van der Waals surface area contributed by atoms with E-state index in [9.17, 15) is 9.59 Å². The van der Waals surface area contributed by atoms with Crippen molar-refractivity contribution in [1.82, 2.24) is 0 Å². The maximum Gasteiger partial charge on any atom is 0.322 e. The highest BCUT2D eigenvalue weighted by molar-refractivity contribution is 6.31. The SMILES string of the molecule is CCOC(=O)C1(Cc2ccccc2Cl)COCCC1=O. The summed E-state index contributed by atoms with van der Waals surface area (Å²) in [4.78, 5) is 24.6. The summed E-state index contributed by atoms with van der Waals surface area (Å²) < 4.78 is 10.5. The van der Waals surface area contributed by atoms with Crippen molar-refractivity contribution in [2.24, 2.45) is 5.41 Å². The van der Waals surface area contributed by atoms with Crippen molar-refractivity contribution < 1.29 is 19.1 Å². The van der Waals surface area contributed by atoms with Crippen LogP contribution in [0, 0.1) is 5.41 Å². The van der Waals surface area contributed by atoms with Gasteiger partial charge in [-0.1, -0.05) is 29.8 Å². The molecule has 1 aliphatic heterocycles. The van der Waals surface area contributed by atoms with E-state index in [-0.39, 0.29) is 31.8 Å². The summed E-state index contributed by atoms with van der Waals surface area (Å²) >= 11 is 6.13. The van der Waals surface area contributed by atoms with Crippen LogP contribution in [-0.2, 0) is 25.5 Å². The van der Waals surface area contributed by atoms with Gasteiger partial charge in [-0.25, -0.2) is 0 Å². The van der Waals surface area contributed by atoms with Gasteiger partial charge < -0.3 is 9.47 Å². The smallest absolute Gasteiger partial charge is 0.322 e. The zero-order valence-corrected chi connectivity index (χ0v) is 12.1. The highest BCUT2D eigenvalue weighted by Gasteiger charge is 2.49. The third-order valence-electron chi connectivity index (χ3n) is 3.47. The van der Waals surface area contributed by atoms with Gasteiger partial charge in [0.15, 0.2) is 11.2 Å². The van der Waals surface area contributed by atoms with E-state index in [1.165, 1.54) is 0 Å². The van der Waals surface area contributed by atoms with Crippen LogP contribution in [0.25, 0.3) is 0 Å². The van der Waals surface area contributed by atoms with E-state index in [0.29, 0.717) is 11.6 Å². The summed E-state index contributed by atoms with van der Waals surface area (Å²) in [5.74, 6) is -0.660. The fourth-order valence-corrected chi connectivity index (χ4v) is 2.56. The quantitative estimate of drug-likeness (QED) is 0.632. The highest BCUT2D eigenvalue weighted by atomic mass is 35.5. The Bertz CT molecular complexity index is 514. The molecule has 0 radical (unpaired) electrons. The molecule has 0 N–H and O–H groups in total. The Morgan fingerprint density at radius 1 is 1.45 bits per heavy atom. The van der Waals surface area contributed by atoms with Gasteiger partial charge in [0, 0.05) is 11.4 Å². The van der Waals surface area contributed by atoms with Gasteiger partial charge in [-0.2, -0.15) is 0 Å². The summed E-state index contributed by atoms with van der Waals surface area (Å²) in [6.07, 6.45) is 0.438. The van der Waals surface area contributed by atoms with Crippen molar-refractivity contribution >= 4 is 23.4 Å². The molecule has 0 spiro atoms. The standard InChI is InChI=1S/C15H17ClO4/c1-2-20-14(18)15(10-19-8-7-13(15)17)9-11-5-3-4-6-12(11)16/h3-6H,2,7-10H2,1H3. The van der Waals surface area contributed by atoms with Gasteiger partial charge in [0.25, 0.3) is 0 Å². The zero-order valence-electron chi connectivity index (χ0n) is 11.4. The normalized spacial score (nSPS) is 22.6. The third-order valence-corrected chi connectivity index (χ3v) is 3.84. The predicted octanol–water partition coefficient (Wildman–Crippen LogP) is 2.42. The minimum absolute atomic E-state index is 0.0515. The Morgan fingerprint density at radius 3 is 2.85 bits per heavy atom. The van der Waals surface area contributed by atoms with Crippen molar-refractivity contribution in [3.05, 3.63) is 34.9 Å². The maximum absolute atomic E-state index is 12.3. The average Bonchev–Trinajstić information content (AvgIpc) is 2.44. The van der Waals surface area contributed by atoms with Crippen LogP contribution in [0.3, 0.4) is 0 Å². The number of hydrogen-bond acceptors (Lipinski definition) is 4. The molecule has 1 atom stereocenters. The number of carbonyl (C=O) groups excluding carboxylic acids is 2. The van der Waals surface area contributed by atoms with E-state index in [1.807, 2.05) is 18.2 Å². The van der Waals surface area contributed by atoms with Gasteiger partial charge in [-0.3, -0.25) is 9.59 Å². The minimum atomic E-state index is -1.26. The molecule has 1 aromatic rings. The molecule has 1 saturated heterocycles. The molecule has 5 heteroatoms. The molecule has 0 bridgehead atoms. The molecule has 0 aliphatic carbocycles. The van der Waals surface area contributed by atoms with E-state index in [4.69, 9.17) is 21.1 Å². The topological polar surface area (TPSA) is 52.6 Å². The molecule has 1 fully saturated rings. The molecule has 0 amide bonds.